The highest BCUT2D eigenvalue weighted by Crippen LogP contribution is 2.30. The number of para-hydroxylation sites is 1. The molecule has 1 atom stereocenters. The maximum Gasteiger partial charge on any atom is 0.253 e. The first-order valence-electron chi connectivity index (χ1n) is 10.4. The van der Waals surface area contributed by atoms with Crippen molar-refractivity contribution in [3.8, 4) is 5.75 Å². The van der Waals surface area contributed by atoms with Crippen LogP contribution in [0.3, 0.4) is 0 Å². The molecule has 0 bridgehead atoms. The van der Waals surface area contributed by atoms with Crippen LogP contribution < -0.4 is 10.9 Å². The number of aromatic hydroxyl groups is 1. The zero-order chi connectivity index (χ0) is 20.5. The standard InChI is InChI=1S/C24H28N2O3/c1-3-15-8-9-16(4-2)20-13-18(12-19(15)20)25-14-23(29)26-22(28)11-10-17-6-5-7-21(27)24(17)26/h5-11,18,23,25,27,29H,3-4,12-14H2,1-2H3/t23-/m0/s1. The zero-order valence-electron chi connectivity index (χ0n) is 17.0. The van der Waals surface area contributed by atoms with E-state index in [-0.39, 0.29) is 23.9 Å². The fourth-order valence-electron chi connectivity index (χ4n) is 4.63. The number of pyridine rings is 1. The van der Waals surface area contributed by atoms with Gasteiger partial charge in [-0.15, -0.1) is 0 Å². The number of phenols is 1. The molecule has 0 saturated heterocycles. The molecule has 0 aliphatic heterocycles. The van der Waals surface area contributed by atoms with E-state index in [1.54, 1.807) is 12.1 Å². The molecule has 0 saturated carbocycles. The number of benzene rings is 2. The molecule has 2 aromatic carbocycles. The van der Waals surface area contributed by atoms with Crippen LogP contribution in [-0.2, 0) is 25.7 Å². The fourth-order valence-corrected chi connectivity index (χ4v) is 4.63. The zero-order valence-corrected chi connectivity index (χ0v) is 17.0. The Morgan fingerprint density at radius 1 is 1.03 bits per heavy atom. The minimum atomic E-state index is -1.06. The fraction of sp³-hybridized carbons (Fsp3) is 0.375. The van der Waals surface area contributed by atoms with E-state index in [0.717, 1.165) is 31.1 Å². The van der Waals surface area contributed by atoms with Crippen LogP contribution in [0.2, 0.25) is 0 Å². The second-order valence-corrected chi connectivity index (χ2v) is 7.80. The van der Waals surface area contributed by atoms with Crippen molar-refractivity contribution in [3.63, 3.8) is 0 Å². The largest absolute Gasteiger partial charge is 0.506 e. The van der Waals surface area contributed by atoms with Gasteiger partial charge in [0.1, 0.15) is 12.0 Å². The number of hydrogen-bond acceptors (Lipinski definition) is 4. The maximum atomic E-state index is 12.4. The Labute approximate surface area is 170 Å². The van der Waals surface area contributed by atoms with E-state index in [1.165, 1.54) is 39.0 Å². The van der Waals surface area contributed by atoms with Crippen molar-refractivity contribution in [2.45, 2.75) is 51.8 Å². The Morgan fingerprint density at radius 2 is 1.69 bits per heavy atom. The highest BCUT2D eigenvalue weighted by molar-refractivity contribution is 5.84. The highest BCUT2D eigenvalue weighted by atomic mass is 16.3. The van der Waals surface area contributed by atoms with E-state index in [9.17, 15) is 15.0 Å². The maximum absolute atomic E-state index is 12.4. The molecule has 0 unspecified atom stereocenters. The number of fused-ring (bicyclic) bond motifs is 2. The molecule has 5 heteroatoms. The minimum absolute atomic E-state index is 0.00676. The summed E-state index contributed by atoms with van der Waals surface area (Å²) in [6.45, 7) is 4.62. The van der Waals surface area contributed by atoms with Gasteiger partial charge < -0.3 is 15.5 Å². The molecule has 0 fully saturated rings. The van der Waals surface area contributed by atoms with Crippen molar-refractivity contribution in [1.82, 2.24) is 9.88 Å². The van der Waals surface area contributed by atoms with Gasteiger partial charge in [0.25, 0.3) is 5.56 Å². The molecule has 0 radical (unpaired) electrons. The predicted octanol–water partition coefficient (Wildman–Crippen LogP) is 3.08. The summed E-state index contributed by atoms with van der Waals surface area (Å²) in [7, 11) is 0. The summed E-state index contributed by atoms with van der Waals surface area (Å²) in [5.41, 5.74) is 5.72. The van der Waals surface area contributed by atoms with Gasteiger partial charge >= 0.3 is 0 Å². The second kappa shape index (κ2) is 8.01. The molecule has 0 spiro atoms. The smallest absolute Gasteiger partial charge is 0.253 e. The molecule has 152 valence electrons. The lowest BCUT2D eigenvalue weighted by Gasteiger charge is -2.20. The lowest BCUT2D eigenvalue weighted by Crippen LogP contribution is -2.37. The van der Waals surface area contributed by atoms with Crippen molar-refractivity contribution in [1.29, 1.82) is 0 Å². The topological polar surface area (TPSA) is 74.5 Å². The summed E-state index contributed by atoms with van der Waals surface area (Å²) in [5, 5.41) is 25.2. The normalized spacial score (nSPS) is 15.0. The van der Waals surface area contributed by atoms with Crippen molar-refractivity contribution in [2.24, 2.45) is 0 Å². The molecule has 0 amide bonds. The van der Waals surface area contributed by atoms with E-state index in [2.05, 4.69) is 31.3 Å². The summed E-state index contributed by atoms with van der Waals surface area (Å²) in [4.78, 5) is 12.4. The average molecular weight is 392 g/mol. The molecular weight excluding hydrogens is 364 g/mol. The van der Waals surface area contributed by atoms with E-state index in [4.69, 9.17) is 0 Å². The summed E-state index contributed by atoms with van der Waals surface area (Å²) in [6, 6.07) is 12.9. The number of nitrogens with zero attached hydrogens (tertiary/aromatic N) is 1. The number of hydrogen-bond donors (Lipinski definition) is 3. The van der Waals surface area contributed by atoms with Crippen LogP contribution in [0.25, 0.3) is 10.9 Å². The molecular formula is C24H28N2O3. The SMILES string of the molecule is CCc1ccc(CC)c2c1CC(NC[C@H](O)n1c(=O)ccc3cccc(O)c31)C2. The Hall–Kier alpha value is -2.63. The van der Waals surface area contributed by atoms with Gasteiger partial charge in [-0.25, -0.2) is 0 Å². The van der Waals surface area contributed by atoms with Crippen molar-refractivity contribution < 1.29 is 10.2 Å². The molecule has 3 N–H and O–H groups in total. The van der Waals surface area contributed by atoms with Crippen LogP contribution in [-0.4, -0.2) is 27.4 Å². The summed E-state index contributed by atoms with van der Waals surface area (Å²) >= 11 is 0. The van der Waals surface area contributed by atoms with E-state index in [1.807, 2.05) is 6.07 Å². The first-order valence-corrected chi connectivity index (χ1v) is 10.4. The lowest BCUT2D eigenvalue weighted by atomic mass is 9.96. The van der Waals surface area contributed by atoms with Gasteiger partial charge in [0, 0.05) is 24.0 Å². The number of phenolic OH excluding ortho intramolecular Hbond substituents is 1. The van der Waals surface area contributed by atoms with Crippen molar-refractivity contribution in [2.75, 3.05) is 6.54 Å². The Bertz CT molecular complexity index is 1070. The molecule has 5 nitrogen and oxygen atoms in total. The summed E-state index contributed by atoms with van der Waals surface area (Å²) in [5.74, 6) is -0.00676. The third-order valence-electron chi connectivity index (χ3n) is 6.10. The first kappa shape index (κ1) is 19.7. The quantitative estimate of drug-likeness (QED) is 0.603. The van der Waals surface area contributed by atoms with Crippen molar-refractivity contribution >= 4 is 10.9 Å². The lowest BCUT2D eigenvalue weighted by molar-refractivity contribution is 0.1000. The van der Waals surface area contributed by atoms with Gasteiger partial charge in [-0.05, 0) is 60.1 Å². The molecule has 1 heterocycles. The van der Waals surface area contributed by atoms with Gasteiger partial charge in [0.2, 0.25) is 0 Å². The summed E-state index contributed by atoms with van der Waals surface area (Å²) < 4.78 is 1.27. The molecule has 4 rings (SSSR count). The molecule has 1 aliphatic carbocycles. The second-order valence-electron chi connectivity index (χ2n) is 7.80. The number of rotatable bonds is 6. The number of aromatic nitrogens is 1. The van der Waals surface area contributed by atoms with Crippen LogP contribution in [0.5, 0.6) is 5.75 Å². The Balaban J connectivity index is 1.55. The number of nitrogens with one attached hydrogen (secondary N) is 1. The van der Waals surface area contributed by atoms with Gasteiger partial charge in [0.05, 0.1) is 5.52 Å². The van der Waals surface area contributed by atoms with E-state index >= 15 is 0 Å². The molecule has 1 aliphatic rings. The van der Waals surface area contributed by atoms with Crippen LogP contribution >= 0.6 is 0 Å². The Morgan fingerprint density at radius 3 is 2.31 bits per heavy atom. The number of aliphatic hydroxyl groups is 1. The van der Waals surface area contributed by atoms with Crippen LogP contribution in [0.4, 0.5) is 0 Å². The highest BCUT2D eigenvalue weighted by Gasteiger charge is 2.26. The van der Waals surface area contributed by atoms with E-state index in [0.29, 0.717) is 5.52 Å². The third-order valence-corrected chi connectivity index (χ3v) is 6.10. The molecule has 1 aromatic heterocycles. The minimum Gasteiger partial charge on any atom is -0.506 e. The van der Waals surface area contributed by atoms with Gasteiger partial charge in [0.15, 0.2) is 0 Å². The Kier molecular flexibility index (Phi) is 5.43. The van der Waals surface area contributed by atoms with Crippen molar-refractivity contribution in [3.05, 3.63) is 75.1 Å². The van der Waals surface area contributed by atoms with E-state index < -0.39 is 6.23 Å². The van der Waals surface area contributed by atoms with Crippen LogP contribution in [0.1, 0.15) is 42.3 Å². The number of aryl methyl sites for hydroxylation is 2. The third kappa shape index (κ3) is 3.56. The molecule has 29 heavy (non-hydrogen) atoms. The van der Waals surface area contributed by atoms with Crippen LogP contribution in [0, 0.1) is 0 Å². The first-order chi connectivity index (χ1) is 14.0. The van der Waals surface area contributed by atoms with Crippen LogP contribution in [0.15, 0.2) is 47.3 Å². The van der Waals surface area contributed by atoms with Gasteiger partial charge in [-0.2, -0.15) is 0 Å². The monoisotopic (exact) mass is 392 g/mol. The molecule has 3 aromatic rings. The number of aliphatic hydroxyl groups excluding tert-OH is 1. The summed E-state index contributed by atoms with van der Waals surface area (Å²) in [6.07, 6.45) is 2.86. The van der Waals surface area contributed by atoms with Gasteiger partial charge in [-0.1, -0.05) is 38.1 Å². The average Bonchev–Trinajstić information content (AvgIpc) is 3.16. The van der Waals surface area contributed by atoms with Gasteiger partial charge in [-0.3, -0.25) is 9.36 Å². The predicted molar refractivity (Wildman–Crippen MR) is 116 cm³/mol.